The highest BCUT2D eigenvalue weighted by molar-refractivity contribution is 5.72. The first kappa shape index (κ1) is 41.8. The quantitative estimate of drug-likeness (QED) is 0.153. The van der Waals surface area contributed by atoms with E-state index in [2.05, 4.69) is 0 Å². The second kappa shape index (κ2) is 18.1. The minimum atomic E-state index is -1.54. The van der Waals surface area contributed by atoms with Gasteiger partial charge in [0.15, 0.2) is 35.2 Å². The van der Waals surface area contributed by atoms with Gasteiger partial charge in [-0.05, 0) is 35.4 Å². The summed E-state index contributed by atoms with van der Waals surface area (Å²) in [7, 11) is 5.74. The molecule has 0 radical (unpaired) electrons. The van der Waals surface area contributed by atoms with Gasteiger partial charge in [-0.3, -0.25) is 24.0 Å². The highest BCUT2D eigenvalue weighted by Gasteiger charge is 2.54. The number of carbonyl (C=O) groups excluding carboxylic acids is 5. The number of hydrogen-bond donors (Lipinski definition) is 0. The van der Waals surface area contributed by atoms with Crippen molar-refractivity contribution in [2.75, 3.05) is 48.3 Å². The molecule has 3 aliphatic rings. The molecule has 0 unspecified atom stereocenters. The Kier molecular flexibility index (Phi) is 13.5. The van der Waals surface area contributed by atoms with Crippen LogP contribution >= 0.6 is 0 Å². The third-order valence-corrected chi connectivity index (χ3v) is 9.32. The predicted molar refractivity (Wildman–Crippen MR) is 187 cm³/mol. The van der Waals surface area contributed by atoms with Gasteiger partial charge in [-0.25, -0.2) is 0 Å². The van der Waals surface area contributed by atoms with Crippen LogP contribution in [0.3, 0.4) is 0 Å². The van der Waals surface area contributed by atoms with E-state index in [1.54, 1.807) is 24.3 Å². The Balaban J connectivity index is 1.46. The van der Waals surface area contributed by atoms with Gasteiger partial charge in [0, 0.05) is 46.5 Å². The molecule has 3 aliphatic heterocycles. The van der Waals surface area contributed by atoms with Gasteiger partial charge in [-0.1, -0.05) is 0 Å². The van der Waals surface area contributed by atoms with Crippen molar-refractivity contribution in [2.45, 2.75) is 77.5 Å². The molecule has 0 spiro atoms. The first-order valence-electron chi connectivity index (χ1n) is 17.6. The molecule has 0 saturated carbocycles. The van der Waals surface area contributed by atoms with Crippen LogP contribution in [0.25, 0.3) is 0 Å². The summed E-state index contributed by atoms with van der Waals surface area (Å²) < 4.78 is 74.8. The highest BCUT2D eigenvalue weighted by atomic mass is 16.7. The Labute approximate surface area is 322 Å². The average molecular weight is 791 g/mol. The third-order valence-electron chi connectivity index (χ3n) is 9.32. The van der Waals surface area contributed by atoms with E-state index in [-0.39, 0.29) is 34.8 Å². The van der Waals surface area contributed by atoms with E-state index in [0.717, 1.165) is 26.3 Å². The summed E-state index contributed by atoms with van der Waals surface area (Å²) in [6.45, 7) is 6.06. The van der Waals surface area contributed by atoms with Gasteiger partial charge < -0.3 is 61.6 Å². The van der Waals surface area contributed by atoms with E-state index in [4.69, 9.17) is 61.6 Å². The molecule has 0 bridgehead atoms. The molecule has 3 fully saturated rings. The number of benzene rings is 2. The molecule has 0 amide bonds. The van der Waals surface area contributed by atoms with E-state index >= 15 is 0 Å². The van der Waals surface area contributed by atoms with Crippen molar-refractivity contribution in [1.82, 2.24) is 0 Å². The van der Waals surface area contributed by atoms with Crippen molar-refractivity contribution in [2.24, 2.45) is 11.8 Å². The van der Waals surface area contributed by atoms with Crippen LogP contribution in [0.4, 0.5) is 0 Å². The first-order chi connectivity index (χ1) is 26.7. The van der Waals surface area contributed by atoms with Gasteiger partial charge in [-0.2, -0.15) is 0 Å². The lowest BCUT2D eigenvalue weighted by Gasteiger charge is -2.44. The summed E-state index contributed by atoms with van der Waals surface area (Å²) in [6.07, 6.45) is -7.98. The second-order valence-electron chi connectivity index (χ2n) is 13.1. The van der Waals surface area contributed by atoms with E-state index in [1.165, 1.54) is 42.3 Å². The SMILES string of the molecule is COc1cc([C@H]2OC[C@H]3[C@@H]2CO[C@@H]3c2cc(OC)c(O[C@@H]3O[C@H](COC(C)=O)[C@@H](OC(C)=O)[C@H](OC(C)=O)[C@H]3OC(C)=O)c(OC)c2)cc(OC)c1OC(C)=O. The van der Waals surface area contributed by atoms with E-state index in [1.807, 2.05) is 0 Å². The van der Waals surface area contributed by atoms with E-state index in [0.29, 0.717) is 30.3 Å². The van der Waals surface area contributed by atoms with Crippen molar-refractivity contribution in [3.63, 3.8) is 0 Å². The second-order valence-corrected chi connectivity index (χ2v) is 13.1. The molecule has 3 saturated heterocycles. The van der Waals surface area contributed by atoms with Gasteiger partial charge in [0.2, 0.25) is 23.9 Å². The van der Waals surface area contributed by atoms with E-state index < -0.39 is 79.4 Å². The Hall–Kier alpha value is -5.33. The molecule has 18 heteroatoms. The summed E-state index contributed by atoms with van der Waals surface area (Å²) >= 11 is 0. The average Bonchev–Trinajstić information content (AvgIpc) is 3.75. The number of fused-ring (bicyclic) bond motifs is 1. The Morgan fingerprint density at radius 1 is 0.571 bits per heavy atom. The van der Waals surface area contributed by atoms with E-state index in [9.17, 15) is 24.0 Å². The van der Waals surface area contributed by atoms with Crippen LogP contribution in [0.1, 0.15) is 58.0 Å². The summed E-state index contributed by atoms with van der Waals surface area (Å²) in [5, 5.41) is 0. The minimum absolute atomic E-state index is 0.0156. The number of carbonyl (C=O) groups is 5. The minimum Gasteiger partial charge on any atom is -0.493 e. The lowest BCUT2D eigenvalue weighted by Crippen LogP contribution is -2.63. The molecule has 56 heavy (non-hydrogen) atoms. The molecule has 0 aliphatic carbocycles. The molecule has 9 atom stereocenters. The van der Waals surface area contributed by atoms with Crippen molar-refractivity contribution in [3.8, 4) is 34.5 Å². The van der Waals surface area contributed by atoms with Crippen molar-refractivity contribution in [3.05, 3.63) is 35.4 Å². The van der Waals surface area contributed by atoms with Crippen LogP contribution < -0.4 is 28.4 Å². The Morgan fingerprint density at radius 3 is 1.41 bits per heavy atom. The molecule has 2 aromatic carbocycles. The van der Waals surface area contributed by atoms with Gasteiger partial charge in [-0.15, -0.1) is 0 Å². The normalized spacial score (nSPS) is 26.6. The lowest BCUT2D eigenvalue weighted by molar-refractivity contribution is -0.288. The zero-order valence-corrected chi connectivity index (χ0v) is 32.5. The maximum Gasteiger partial charge on any atom is 0.308 e. The molecular weight excluding hydrogens is 744 g/mol. The van der Waals surface area contributed by atoms with Crippen LogP contribution in [0, 0.1) is 11.8 Å². The molecule has 3 heterocycles. The first-order valence-corrected chi connectivity index (χ1v) is 17.6. The molecule has 5 rings (SSSR count). The zero-order valence-electron chi connectivity index (χ0n) is 32.5. The fraction of sp³-hybridized carbons (Fsp3) is 0.553. The fourth-order valence-electron chi connectivity index (χ4n) is 7.12. The lowest BCUT2D eigenvalue weighted by atomic mass is 9.84. The van der Waals surface area contributed by atoms with Gasteiger partial charge in [0.05, 0.1) is 53.9 Å². The molecule has 18 nitrogen and oxygen atoms in total. The third kappa shape index (κ3) is 9.20. The molecule has 306 valence electrons. The van der Waals surface area contributed by atoms with Crippen molar-refractivity contribution >= 4 is 29.8 Å². The van der Waals surface area contributed by atoms with Gasteiger partial charge >= 0.3 is 29.8 Å². The van der Waals surface area contributed by atoms with Crippen LogP contribution in [-0.4, -0.2) is 109 Å². The topological polar surface area (TPSA) is 205 Å². The highest BCUT2D eigenvalue weighted by Crippen LogP contribution is 2.54. The van der Waals surface area contributed by atoms with Crippen LogP contribution in [0.15, 0.2) is 24.3 Å². The number of methoxy groups -OCH3 is 4. The number of hydrogen-bond acceptors (Lipinski definition) is 18. The number of esters is 5. The molecule has 0 N–H and O–H groups in total. The summed E-state index contributed by atoms with van der Waals surface area (Å²) in [5.74, 6) is -2.63. The fourth-order valence-corrected chi connectivity index (χ4v) is 7.12. The van der Waals surface area contributed by atoms with Crippen molar-refractivity contribution in [1.29, 1.82) is 0 Å². The standard InChI is InChI=1S/C38H46O18/c1-17(39)48-16-30-35(52-19(3)41)36(53-20(4)42)37(54-21(5)43)38(55-30)56-34-28(46-8)12-23(13-29(34)47-9)32-25-15-49-31(24(25)14-50-32)22-10-26(44-6)33(51-18(2)40)27(11-22)45-7/h10-13,24-25,30-32,35-38H,14-16H2,1-9H3/t24-,25-,30+,31+,32+,35+,36-,37+,38-/m0/s1. The molecule has 0 aromatic heterocycles. The summed E-state index contributed by atoms with van der Waals surface area (Å²) in [4.78, 5) is 60.4. The molecule has 2 aromatic rings. The van der Waals surface area contributed by atoms with Crippen LogP contribution in [0.2, 0.25) is 0 Å². The summed E-state index contributed by atoms with van der Waals surface area (Å²) in [6, 6.07) is 6.88. The zero-order chi connectivity index (χ0) is 40.8. The number of rotatable bonds is 14. The Morgan fingerprint density at radius 2 is 1.00 bits per heavy atom. The number of ether oxygens (including phenoxy) is 13. The summed E-state index contributed by atoms with van der Waals surface area (Å²) in [5.41, 5.74) is 1.42. The monoisotopic (exact) mass is 790 g/mol. The maximum atomic E-state index is 12.4. The predicted octanol–water partition coefficient (Wildman–Crippen LogP) is 3.18. The van der Waals surface area contributed by atoms with Crippen LogP contribution in [-0.2, 0) is 57.1 Å². The van der Waals surface area contributed by atoms with Crippen LogP contribution in [0.5, 0.6) is 34.5 Å². The maximum absolute atomic E-state index is 12.4. The van der Waals surface area contributed by atoms with Gasteiger partial charge in [0.25, 0.3) is 0 Å². The van der Waals surface area contributed by atoms with Gasteiger partial charge in [0.1, 0.15) is 12.7 Å². The van der Waals surface area contributed by atoms with Crippen molar-refractivity contribution < 1.29 is 85.6 Å². The smallest absolute Gasteiger partial charge is 0.308 e. The Bertz CT molecular complexity index is 1740. The largest absolute Gasteiger partial charge is 0.493 e. The molecular formula is C38H46O18.